The van der Waals surface area contributed by atoms with E-state index in [0.717, 1.165) is 0 Å². The van der Waals surface area contributed by atoms with Crippen molar-refractivity contribution in [2.24, 2.45) is 5.73 Å². The van der Waals surface area contributed by atoms with Gasteiger partial charge in [-0.2, -0.15) is 0 Å². The lowest BCUT2D eigenvalue weighted by Crippen LogP contribution is -2.43. The molecule has 6 heteroatoms. The maximum Gasteiger partial charge on any atom is 0.326 e. The smallest absolute Gasteiger partial charge is 0.326 e. The summed E-state index contributed by atoms with van der Waals surface area (Å²) in [6.07, 6.45) is -0.436. The van der Waals surface area contributed by atoms with Crippen molar-refractivity contribution in [1.82, 2.24) is 5.32 Å². The number of hydrogen-bond acceptors (Lipinski definition) is 3. The normalized spacial score (nSPS) is 11.5. The molecule has 14 heavy (non-hydrogen) atoms. The highest BCUT2D eigenvalue weighted by Crippen LogP contribution is 1.95. The van der Waals surface area contributed by atoms with Gasteiger partial charge in [-0.15, -0.1) is 0 Å². The number of carboxylic acids is 1. The third kappa shape index (κ3) is 4.24. The molecule has 0 fully saturated rings. The van der Waals surface area contributed by atoms with Crippen molar-refractivity contribution in [1.29, 1.82) is 0 Å². The standard InChI is InChI=1S/C8H12N2O4/c1-4(2)7(12)10-5(8(13)14)3-6(9)11/h5H,1,3H2,2H3,(H2,9,11)(H,10,12)(H,13,14). The van der Waals surface area contributed by atoms with E-state index in [1.54, 1.807) is 0 Å². The average molecular weight is 200 g/mol. The van der Waals surface area contributed by atoms with Gasteiger partial charge in [0.05, 0.1) is 6.42 Å². The lowest BCUT2D eigenvalue weighted by atomic mass is 10.2. The van der Waals surface area contributed by atoms with Crippen LogP contribution < -0.4 is 11.1 Å². The lowest BCUT2D eigenvalue weighted by molar-refractivity contribution is -0.142. The minimum Gasteiger partial charge on any atom is -0.480 e. The third-order valence-corrected chi connectivity index (χ3v) is 1.40. The minimum atomic E-state index is -1.31. The zero-order valence-corrected chi connectivity index (χ0v) is 7.74. The number of carbonyl (C=O) groups is 3. The van der Waals surface area contributed by atoms with Crippen molar-refractivity contribution >= 4 is 17.8 Å². The Kier molecular flexibility index (Phi) is 4.34. The number of amides is 2. The first-order valence-electron chi connectivity index (χ1n) is 3.82. The predicted molar refractivity (Wildman–Crippen MR) is 48.2 cm³/mol. The number of primary amides is 1. The van der Waals surface area contributed by atoms with Crippen LogP contribution in [0.4, 0.5) is 0 Å². The lowest BCUT2D eigenvalue weighted by Gasteiger charge is -2.12. The van der Waals surface area contributed by atoms with Crippen molar-refractivity contribution < 1.29 is 19.5 Å². The largest absolute Gasteiger partial charge is 0.480 e. The summed E-state index contributed by atoms with van der Waals surface area (Å²) in [4.78, 5) is 32.0. The summed E-state index contributed by atoms with van der Waals surface area (Å²) in [6.45, 7) is 4.75. The minimum absolute atomic E-state index is 0.167. The molecule has 0 saturated heterocycles. The van der Waals surface area contributed by atoms with Crippen LogP contribution in [0.15, 0.2) is 12.2 Å². The quantitative estimate of drug-likeness (QED) is 0.495. The zero-order chi connectivity index (χ0) is 11.3. The van der Waals surface area contributed by atoms with Gasteiger partial charge in [-0.1, -0.05) is 6.58 Å². The number of nitrogens with two attached hydrogens (primary N) is 1. The Morgan fingerprint density at radius 1 is 1.50 bits per heavy atom. The molecule has 0 spiro atoms. The van der Waals surface area contributed by atoms with Gasteiger partial charge in [-0.25, -0.2) is 4.79 Å². The number of hydrogen-bond donors (Lipinski definition) is 3. The summed E-state index contributed by atoms with van der Waals surface area (Å²) in [5.41, 5.74) is 4.97. The molecule has 0 aromatic heterocycles. The van der Waals surface area contributed by atoms with Gasteiger partial charge in [0.1, 0.15) is 6.04 Å². The van der Waals surface area contributed by atoms with Crippen LogP contribution >= 0.6 is 0 Å². The van der Waals surface area contributed by atoms with Gasteiger partial charge >= 0.3 is 5.97 Å². The molecule has 78 valence electrons. The summed E-state index contributed by atoms with van der Waals surface area (Å²) in [7, 11) is 0. The van der Waals surface area contributed by atoms with Gasteiger partial charge < -0.3 is 16.2 Å². The Hall–Kier alpha value is -1.85. The zero-order valence-electron chi connectivity index (χ0n) is 7.74. The molecule has 0 aliphatic rings. The second kappa shape index (κ2) is 5.00. The van der Waals surface area contributed by atoms with Gasteiger partial charge in [0, 0.05) is 5.57 Å². The maximum atomic E-state index is 11.0. The van der Waals surface area contributed by atoms with E-state index in [1.807, 2.05) is 0 Å². The number of carbonyl (C=O) groups excluding carboxylic acids is 2. The van der Waals surface area contributed by atoms with E-state index in [2.05, 4.69) is 11.9 Å². The Balaban J connectivity index is 4.38. The van der Waals surface area contributed by atoms with Crippen LogP contribution in [0.3, 0.4) is 0 Å². The molecular weight excluding hydrogens is 188 g/mol. The van der Waals surface area contributed by atoms with Gasteiger partial charge in [-0.3, -0.25) is 9.59 Å². The molecule has 1 atom stereocenters. The van der Waals surface area contributed by atoms with E-state index in [9.17, 15) is 14.4 Å². The Morgan fingerprint density at radius 3 is 2.29 bits per heavy atom. The Labute approximate surface area is 80.8 Å². The van der Waals surface area contributed by atoms with E-state index in [0.29, 0.717) is 0 Å². The van der Waals surface area contributed by atoms with E-state index >= 15 is 0 Å². The third-order valence-electron chi connectivity index (χ3n) is 1.40. The molecule has 6 nitrogen and oxygen atoms in total. The van der Waals surface area contributed by atoms with E-state index < -0.39 is 30.2 Å². The van der Waals surface area contributed by atoms with E-state index in [-0.39, 0.29) is 5.57 Å². The second-order valence-electron chi connectivity index (χ2n) is 2.82. The van der Waals surface area contributed by atoms with Crippen molar-refractivity contribution in [3.63, 3.8) is 0 Å². The van der Waals surface area contributed by atoms with Crippen molar-refractivity contribution in [3.05, 3.63) is 12.2 Å². The number of rotatable bonds is 5. The summed E-state index contributed by atoms with van der Waals surface area (Å²) in [6, 6.07) is -1.29. The number of nitrogens with one attached hydrogen (secondary N) is 1. The van der Waals surface area contributed by atoms with Crippen LogP contribution in [0.5, 0.6) is 0 Å². The monoisotopic (exact) mass is 200 g/mol. The average Bonchev–Trinajstić information content (AvgIpc) is 2.01. The van der Waals surface area contributed by atoms with Crippen LogP contribution in [0.1, 0.15) is 13.3 Å². The molecular formula is C8H12N2O4. The topological polar surface area (TPSA) is 109 Å². The first kappa shape index (κ1) is 12.2. The molecule has 0 aromatic carbocycles. The molecule has 0 rings (SSSR count). The SMILES string of the molecule is C=C(C)C(=O)NC(CC(N)=O)C(=O)O. The Bertz CT molecular complexity index is 285. The fourth-order valence-electron chi connectivity index (χ4n) is 0.683. The molecule has 2 amide bonds. The fourth-order valence-corrected chi connectivity index (χ4v) is 0.683. The van der Waals surface area contributed by atoms with Crippen molar-refractivity contribution in [2.45, 2.75) is 19.4 Å². The number of carboxylic acid groups (broad SMARTS) is 1. The molecule has 0 aliphatic heterocycles. The molecule has 0 radical (unpaired) electrons. The Morgan fingerprint density at radius 2 is 2.00 bits per heavy atom. The van der Waals surface area contributed by atoms with Crippen LogP contribution in [0.25, 0.3) is 0 Å². The van der Waals surface area contributed by atoms with Crippen LogP contribution in [-0.4, -0.2) is 28.9 Å². The maximum absolute atomic E-state index is 11.0. The highest BCUT2D eigenvalue weighted by atomic mass is 16.4. The molecule has 0 bridgehead atoms. The van der Waals surface area contributed by atoms with Crippen molar-refractivity contribution in [3.8, 4) is 0 Å². The highest BCUT2D eigenvalue weighted by Gasteiger charge is 2.21. The fraction of sp³-hybridized carbons (Fsp3) is 0.375. The second-order valence-corrected chi connectivity index (χ2v) is 2.82. The highest BCUT2D eigenvalue weighted by molar-refractivity contribution is 5.96. The summed E-state index contributed by atoms with van der Waals surface area (Å²) in [5, 5.41) is 10.7. The number of aliphatic carboxylic acids is 1. The van der Waals surface area contributed by atoms with Gasteiger partial charge in [-0.05, 0) is 6.92 Å². The van der Waals surface area contributed by atoms with Gasteiger partial charge in [0.2, 0.25) is 11.8 Å². The first-order chi connectivity index (χ1) is 6.34. The van der Waals surface area contributed by atoms with Gasteiger partial charge in [0.25, 0.3) is 0 Å². The summed E-state index contributed by atoms with van der Waals surface area (Å²) < 4.78 is 0. The van der Waals surface area contributed by atoms with Crippen molar-refractivity contribution in [2.75, 3.05) is 0 Å². The van der Waals surface area contributed by atoms with E-state index in [4.69, 9.17) is 10.8 Å². The van der Waals surface area contributed by atoms with Crippen LogP contribution in [0.2, 0.25) is 0 Å². The molecule has 1 unspecified atom stereocenters. The van der Waals surface area contributed by atoms with E-state index in [1.165, 1.54) is 6.92 Å². The molecule has 0 saturated carbocycles. The first-order valence-corrected chi connectivity index (χ1v) is 3.82. The molecule has 0 aromatic rings. The molecule has 0 heterocycles. The van der Waals surface area contributed by atoms with Crippen LogP contribution in [0, 0.1) is 0 Å². The molecule has 4 N–H and O–H groups in total. The summed E-state index contributed by atoms with van der Waals surface area (Å²) >= 11 is 0. The van der Waals surface area contributed by atoms with Crippen LogP contribution in [-0.2, 0) is 14.4 Å². The molecule has 0 aliphatic carbocycles. The van der Waals surface area contributed by atoms with Gasteiger partial charge in [0.15, 0.2) is 0 Å². The summed E-state index contributed by atoms with van der Waals surface area (Å²) in [5.74, 6) is -2.71. The predicted octanol–water partition coefficient (Wildman–Crippen LogP) is -0.993.